The van der Waals surface area contributed by atoms with Gasteiger partial charge in [-0.2, -0.15) is 0 Å². The van der Waals surface area contributed by atoms with E-state index in [0.29, 0.717) is 6.54 Å². The van der Waals surface area contributed by atoms with E-state index in [2.05, 4.69) is 10.6 Å². The molecule has 0 aliphatic carbocycles. The molecule has 0 aromatic carbocycles. The first-order valence-corrected chi connectivity index (χ1v) is 6.13. The van der Waals surface area contributed by atoms with Gasteiger partial charge in [0.1, 0.15) is 13.2 Å². The summed E-state index contributed by atoms with van der Waals surface area (Å²) in [7, 11) is 0. The molecule has 0 bridgehead atoms. The summed E-state index contributed by atoms with van der Waals surface area (Å²) in [6.07, 6.45) is 2.05. The van der Waals surface area contributed by atoms with Gasteiger partial charge in [0, 0.05) is 6.54 Å². The molecular weight excluding hydrogens is 238 g/mol. The SMILES string of the molecule is NC(=O)COCCNC(=O)COC1CCNCC1. The quantitative estimate of drug-likeness (QED) is 0.454. The van der Waals surface area contributed by atoms with Gasteiger partial charge in [0.2, 0.25) is 11.8 Å². The van der Waals surface area contributed by atoms with E-state index in [0.717, 1.165) is 25.9 Å². The van der Waals surface area contributed by atoms with E-state index in [9.17, 15) is 9.59 Å². The molecule has 0 aromatic heterocycles. The van der Waals surface area contributed by atoms with Crippen molar-refractivity contribution in [3.8, 4) is 0 Å². The van der Waals surface area contributed by atoms with Gasteiger partial charge < -0.3 is 25.8 Å². The molecule has 1 rings (SSSR count). The zero-order valence-electron chi connectivity index (χ0n) is 10.4. The van der Waals surface area contributed by atoms with E-state index in [1.54, 1.807) is 0 Å². The number of ether oxygens (including phenoxy) is 2. The number of nitrogens with one attached hydrogen (secondary N) is 2. The Morgan fingerprint density at radius 3 is 2.67 bits per heavy atom. The number of amides is 2. The van der Waals surface area contributed by atoms with Crippen molar-refractivity contribution >= 4 is 11.8 Å². The molecule has 1 fully saturated rings. The molecule has 0 radical (unpaired) electrons. The van der Waals surface area contributed by atoms with Crippen molar-refractivity contribution in [2.75, 3.05) is 39.5 Å². The van der Waals surface area contributed by atoms with Crippen LogP contribution in [0.3, 0.4) is 0 Å². The topological polar surface area (TPSA) is 103 Å². The van der Waals surface area contributed by atoms with Crippen LogP contribution in [0.4, 0.5) is 0 Å². The van der Waals surface area contributed by atoms with Crippen LogP contribution in [-0.2, 0) is 19.1 Å². The Balaban J connectivity index is 1.94. The third kappa shape index (κ3) is 7.21. The average Bonchev–Trinajstić information content (AvgIpc) is 2.37. The summed E-state index contributed by atoms with van der Waals surface area (Å²) in [6.45, 7) is 2.44. The molecule has 1 aliphatic rings. The molecule has 1 aliphatic heterocycles. The zero-order valence-corrected chi connectivity index (χ0v) is 10.4. The van der Waals surface area contributed by atoms with E-state index in [-0.39, 0.29) is 31.8 Å². The molecular formula is C11H21N3O4. The summed E-state index contributed by atoms with van der Waals surface area (Å²) in [5, 5.41) is 5.86. The van der Waals surface area contributed by atoms with Gasteiger partial charge in [0.25, 0.3) is 0 Å². The Kier molecular flexibility index (Phi) is 7.31. The Morgan fingerprint density at radius 2 is 2.00 bits per heavy atom. The summed E-state index contributed by atoms with van der Waals surface area (Å²) in [4.78, 5) is 21.7. The average molecular weight is 259 g/mol. The molecule has 0 atom stereocenters. The van der Waals surface area contributed by atoms with Crippen LogP contribution in [0.25, 0.3) is 0 Å². The molecule has 7 heteroatoms. The number of rotatable bonds is 8. The minimum Gasteiger partial charge on any atom is -0.370 e. The van der Waals surface area contributed by atoms with Crippen molar-refractivity contribution < 1.29 is 19.1 Å². The van der Waals surface area contributed by atoms with Crippen LogP contribution in [0.5, 0.6) is 0 Å². The maximum absolute atomic E-state index is 11.4. The highest BCUT2D eigenvalue weighted by molar-refractivity contribution is 5.77. The number of primary amides is 1. The summed E-state index contributed by atoms with van der Waals surface area (Å²) in [5.74, 6) is -0.688. The molecule has 104 valence electrons. The van der Waals surface area contributed by atoms with Gasteiger partial charge in [-0.1, -0.05) is 0 Å². The molecule has 0 spiro atoms. The standard InChI is InChI=1S/C11H21N3O4/c12-10(15)7-17-6-5-14-11(16)8-18-9-1-3-13-4-2-9/h9,13H,1-8H2,(H2,12,15)(H,14,16). The summed E-state index contributed by atoms with van der Waals surface area (Å²) < 4.78 is 10.4. The van der Waals surface area contributed by atoms with Gasteiger partial charge >= 0.3 is 0 Å². The normalized spacial score (nSPS) is 16.4. The van der Waals surface area contributed by atoms with Gasteiger partial charge in [-0.05, 0) is 25.9 Å². The second kappa shape index (κ2) is 8.84. The van der Waals surface area contributed by atoms with E-state index >= 15 is 0 Å². The second-order valence-corrected chi connectivity index (χ2v) is 4.13. The molecule has 4 N–H and O–H groups in total. The van der Waals surface area contributed by atoms with Gasteiger partial charge in [-0.15, -0.1) is 0 Å². The third-order valence-corrected chi connectivity index (χ3v) is 2.55. The molecule has 0 saturated carbocycles. The van der Waals surface area contributed by atoms with Crippen LogP contribution in [0.15, 0.2) is 0 Å². The van der Waals surface area contributed by atoms with Crippen molar-refractivity contribution in [1.29, 1.82) is 0 Å². The lowest BCUT2D eigenvalue weighted by atomic mass is 10.1. The van der Waals surface area contributed by atoms with E-state index in [4.69, 9.17) is 15.2 Å². The Morgan fingerprint density at radius 1 is 1.28 bits per heavy atom. The maximum Gasteiger partial charge on any atom is 0.246 e. The van der Waals surface area contributed by atoms with Crippen LogP contribution in [0.2, 0.25) is 0 Å². The van der Waals surface area contributed by atoms with Crippen LogP contribution < -0.4 is 16.4 Å². The highest BCUT2D eigenvalue weighted by Gasteiger charge is 2.14. The summed E-state index contributed by atoms with van der Waals surface area (Å²) in [6, 6.07) is 0. The second-order valence-electron chi connectivity index (χ2n) is 4.13. The zero-order chi connectivity index (χ0) is 13.2. The fourth-order valence-electron chi connectivity index (χ4n) is 1.64. The van der Waals surface area contributed by atoms with E-state index in [1.807, 2.05) is 0 Å². The number of carbonyl (C=O) groups is 2. The van der Waals surface area contributed by atoms with Gasteiger partial charge in [-0.3, -0.25) is 9.59 Å². The van der Waals surface area contributed by atoms with Gasteiger partial charge in [0.15, 0.2) is 0 Å². The molecule has 0 unspecified atom stereocenters. The number of hydrogen-bond donors (Lipinski definition) is 3. The van der Waals surface area contributed by atoms with Gasteiger partial charge in [0.05, 0.1) is 12.7 Å². The lowest BCUT2D eigenvalue weighted by Gasteiger charge is -2.22. The lowest BCUT2D eigenvalue weighted by Crippen LogP contribution is -2.36. The molecule has 18 heavy (non-hydrogen) atoms. The fraction of sp³-hybridized carbons (Fsp3) is 0.818. The van der Waals surface area contributed by atoms with Crippen molar-refractivity contribution in [1.82, 2.24) is 10.6 Å². The van der Waals surface area contributed by atoms with Crippen LogP contribution in [0, 0.1) is 0 Å². The molecule has 1 saturated heterocycles. The van der Waals surface area contributed by atoms with Crippen molar-refractivity contribution in [2.45, 2.75) is 18.9 Å². The van der Waals surface area contributed by atoms with Crippen LogP contribution in [0.1, 0.15) is 12.8 Å². The smallest absolute Gasteiger partial charge is 0.246 e. The number of hydrogen-bond acceptors (Lipinski definition) is 5. The fourth-order valence-corrected chi connectivity index (χ4v) is 1.64. The number of piperidine rings is 1. The van der Waals surface area contributed by atoms with Crippen LogP contribution >= 0.6 is 0 Å². The van der Waals surface area contributed by atoms with Crippen molar-refractivity contribution in [3.05, 3.63) is 0 Å². The molecule has 2 amide bonds. The molecule has 0 aromatic rings. The predicted molar refractivity (Wildman–Crippen MR) is 64.9 cm³/mol. The maximum atomic E-state index is 11.4. The first-order valence-electron chi connectivity index (χ1n) is 6.13. The highest BCUT2D eigenvalue weighted by atomic mass is 16.5. The molecule has 1 heterocycles. The minimum atomic E-state index is -0.518. The van der Waals surface area contributed by atoms with Crippen LogP contribution in [-0.4, -0.2) is 57.4 Å². The first-order chi connectivity index (χ1) is 8.68. The van der Waals surface area contributed by atoms with Crippen molar-refractivity contribution in [3.63, 3.8) is 0 Å². The van der Waals surface area contributed by atoms with Gasteiger partial charge in [-0.25, -0.2) is 0 Å². The summed E-state index contributed by atoms with van der Waals surface area (Å²) >= 11 is 0. The van der Waals surface area contributed by atoms with Crippen molar-refractivity contribution in [2.24, 2.45) is 5.73 Å². The van der Waals surface area contributed by atoms with E-state index in [1.165, 1.54) is 0 Å². The first kappa shape index (κ1) is 14.9. The predicted octanol–water partition coefficient (Wildman–Crippen LogP) is -1.63. The monoisotopic (exact) mass is 259 g/mol. The Hall–Kier alpha value is -1.18. The number of carbonyl (C=O) groups excluding carboxylic acids is 2. The summed E-state index contributed by atoms with van der Waals surface area (Å²) in [5.41, 5.74) is 4.89. The largest absolute Gasteiger partial charge is 0.370 e. The third-order valence-electron chi connectivity index (χ3n) is 2.55. The number of nitrogens with two attached hydrogens (primary N) is 1. The lowest BCUT2D eigenvalue weighted by molar-refractivity contribution is -0.128. The van der Waals surface area contributed by atoms with E-state index < -0.39 is 5.91 Å². The highest BCUT2D eigenvalue weighted by Crippen LogP contribution is 2.06. The Labute approximate surface area is 106 Å². The Bertz CT molecular complexity index is 267. The molecule has 7 nitrogen and oxygen atoms in total. The minimum absolute atomic E-state index is 0.0699.